The summed E-state index contributed by atoms with van der Waals surface area (Å²) in [6.07, 6.45) is 0. The normalized spacial score (nSPS) is 13.8. The minimum absolute atomic E-state index is 0.104. The molecular weight excluding hydrogens is 122 g/mol. The van der Waals surface area contributed by atoms with Crippen molar-refractivity contribution in [2.24, 2.45) is 5.92 Å². The van der Waals surface area contributed by atoms with E-state index in [-0.39, 0.29) is 5.92 Å². The Morgan fingerprint density at radius 3 is 2.00 bits per heavy atom. The lowest BCUT2D eigenvalue weighted by Crippen LogP contribution is -2.38. The number of carbonyl (C=O) groups is 1. The molecule has 1 atom stereocenters. The molecule has 4 nitrogen and oxygen atoms in total. The molecule has 0 aromatic heterocycles. The standard InChI is InChI=1S/C5H11NO3/c1-3(2)4(6-9)5(7)8/h3-4,6,9H,1-2H3,(H,7,8)/t4-/m0/s1. The highest BCUT2D eigenvalue weighted by molar-refractivity contribution is 5.73. The molecule has 0 unspecified atom stereocenters. The monoisotopic (exact) mass is 133 g/mol. The molecule has 0 heterocycles. The van der Waals surface area contributed by atoms with Crippen molar-refractivity contribution in [3.63, 3.8) is 0 Å². The topological polar surface area (TPSA) is 69.6 Å². The van der Waals surface area contributed by atoms with Gasteiger partial charge in [0.2, 0.25) is 0 Å². The van der Waals surface area contributed by atoms with Gasteiger partial charge in [-0.05, 0) is 5.92 Å². The van der Waals surface area contributed by atoms with E-state index in [4.69, 9.17) is 10.3 Å². The molecular formula is C5H11NO3. The zero-order valence-corrected chi connectivity index (χ0v) is 5.46. The van der Waals surface area contributed by atoms with Crippen molar-refractivity contribution in [2.75, 3.05) is 0 Å². The molecule has 0 aromatic carbocycles. The van der Waals surface area contributed by atoms with Gasteiger partial charge in [-0.25, -0.2) is 0 Å². The molecule has 4 heteroatoms. The summed E-state index contributed by atoms with van der Waals surface area (Å²) < 4.78 is 0. The first-order valence-corrected chi connectivity index (χ1v) is 2.72. The minimum atomic E-state index is -1.03. The quantitative estimate of drug-likeness (QED) is 0.477. The Morgan fingerprint density at radius 2 is 2.00 bits per heavy atom. The minimum Gasteiger partial charge on any atom is -0.480 e. The predicted octanol–water partition coefficient (Wildman–Crippen LogP) is 0.0744. The molecule has 0 bridgehead atoms. The van der Waals surface area contributed by atoms with Gasteiger partial charge in [0.1, 0.15) is 6.04 Å². The van der Waals surface area contributed by atoms with E-state index in [0.29, 0.717) is 0 Å². The van der Waals surface area contributed by atoms with E-state index in [1.165, 1.54) is 0 Å². The van der Waals surface area contributed by atoms with Crippen LogP contribution in [0.25, 0.3) is 0 Å². The Kier molecular flexibility index (Phi) is 3.19. The molecule has 3 N–H and O–H groups in total. The van der Waals surface area contributed by atoms with Crippen LogP contribution in [-0.4, -0.2) is 22.3 Å². The van der Waals surface area contributed by atoms with Gasteiger partial charge in [-0.15, -0.1) is 0 Å². The zero-order chi connectivity index (χ0) is 7.44. The molecule has 0 amide bonds. The van der Waals surface area contributed by atoms with Gasteiger partial charge in [-0.2, -0.15) is 5.48 Å². The first-order chi connectivity index (χ1) is 4.09. The summed E-state index contributed by atoms with van der Waals surface area (Å²) in [5.41, 5.74) is 1.70. The van der Waals surface area contributed by atoms with Crippen LogP contribution in [0.4, 0.5) is 0 Å². The van der Waals surface area contributed by atoms with Crippen LogP contribution >= 0.6 is 0 Å². The Labute approximate surface area is 53.5 Å². The molecule has 0 aliphatic carbocycles. The lowest BCUT2D eigenvalue weighted by Gasteiger charge is -2.12. The third-order valence-corrected chi connectivity index (χ3v) is 1.07. The van der Waals surface area contributed by atoms with Gasteiger partial charge in [0, 0.05) is 0 Å². The number of hydrogen-bond donors (Lipinski definition) is 3. The Balaban J connectivity index is 3.83. The van der Waals surface area contributed by atoms with Crippen LogP contribution in [0, 0.1) is 5.92 Å². The average molecular weight is 133 g/mol. The van der Waals surface area contributed by atoms with Crippen molar-refractivity contribution < 1.29 is 15.1 Å². The van der Waals surface area contributed by atoms with Gasteiger partial charge in [0.25, 0.3) is 0 Å². The smallest absolute Gasteiger partial charge is 0.323 e. The molecule has 0 fully saturated rings. The van der Waals surface area contributed by atoms with Crippen LogP contribution in [0.5, 0.6) is 0 Å². The Morgan fingerprint density at radius 1 is 1.56 bits per heavy atom. The molecule has 0 spiro atoms. The van der Waals surface area contributed by atoms with Crippen LogP contribution in [0.1, 0.15) is 13.8 Å². The van der Waals surface area contributed by atoms with Crippen molar-refractivity contribution in [1.82, 2.24) is 5.48 Å². The van der Waals surface area contributed by atoms with Gasteiger partial charge in [0.05, 0.1) is 0 Å². The SMILES string of the molecule is CC(C)[C@H](NO)C(=O)O. The third kappa shape index (κ3) is 2.43. The second kappa shape index (κ2) is 3.42. The molecule has 0 rings (SSSR count). The third-order valence-electron chi connectivity index (χ3n) is 1.07. The summed E-state index contributed by atoms with van der Waals surface area (Å²) >= 11 is 0. The zero-order valence-electron chi connectivity index (χ0n) is 5.46. The number of nitrogens with one attached hydrogen (secondary N) is 1. The first-order valence-electron chi connectivity index (χ1n) is 2.72. The first kappa shape index (κ1) is 8.39. The Bertz CT molecular complexity index is 102. The molecule has 0 saturated heterocycles. The fourth-order valence-electron chi connectivity index (χ4n) is 0.489. The van der Waals surface area contributed by atoms with Gasteiger partial charge in [0.15, 0.2) is 0 Å². The molecule has 0 aliphatic heterocycles. The van der Waals surface area contributed by atoms with Crippen molar-refractivity contribution in [2.45, 2.75) is 19.9 Å². The lowest BCUT2D eigenvalue weighted by atomic mass is 10.1. The van der Waals surface area contributed by atoms with E-state index >= 15 is 0 Å². The van der Waals surface area contributed by atoms with Crippen molar-refractivity contribution in [3.8, 4) is 0 Å². The highest BCUT2D eigenvalue weighted by Crippen LogP contribution is 1.99. The Hall–Kier alpha value is -0.610. The molecule has 0 saturated carbocycles. The summed E-state index contributed by atoms with van der Waals surface area (Å²) in [4.78, 5) is 10.1. The maximum atomic E-state index is 10.1. The van der Waals surface area contributed by atoms with Crippen LogP contribution in [0.15, 0.2) is 0 Å². The molecule has 0 radical (unpaired) electrons. The second-order valence-corrected chi connectivity index (χ2v) is 2.19. The average Bonchev–Trinajstić information content (AvgIpc) is 1.64. The largest absolute Gasteiger partial charge is 0.480 e. The summed E-state index contributed by atoms with van der Waals surface area (Å²) in [6.45, 7) is 3.42. The van der Waals surface area contributed by atoms with Gasteiger partial charge in [-0.1, -0.05) is 13.8 Å². The molecule has 0 aliphatic rings. The van der Waals surface area contributed by atoms with Gasteiger partial charge in [-0.3, -0.25) is 4.79 Å². The number of carboxylic acids is 1. The van der Waals surface area contributed by atoms with E-state index in [9.17, 15) is 4.79 Å². The van der Waals surface area contributed by atoms with Gasteiger partial charge >= 0.3 is 5.97 Å². The molecule has 54 valence electrons. The summed E-state index contributed by atoms with van der Waals surface area (Å²) in [5.74, 6) is -1.14. The summed E-state index contributed by atoms with van der Waals surface area (Å²) in [5, 5.41) is 16.6. The maximum absolute atomic E-state index is 10.1. The van der Waals surface area contributed by atoms with E-state index in [0.717, 1.165) is 0 Å². The highest BCUT2D eigenvalue weighted by Gasteiger charge is 2.19. The van der Waals surface area contributed by atoms with Gasteiger partial charge < -0.3 is 10.3 Å². The maximum Gasteiger partial charge on any atom is 0.323 e. The van der Waals surface area contributed by atoms with E-state index in [1.54, 1.807) is 19.3 Å². The number of rotatable bonds is 3. The number of carboxylic acid groups (broad SMARTS) is 1. The van der Waals surface area contributed by atoms with Crippen LogP contribution in [-0.2, 0) is 4.79 Å². The highest BCUT2D eigenvalue weighted by atomic mass is 16.5. The number of aliphatic carboxylic acids is 1. The number of hydroxylamine groups is 1. The molecule has 9 heavy (non-hydrogen) atoms. The van der Waals surface area contributed by atoms with E-state index < -0.39 is 12.0 Å². The molecule has 0 aromatic rings. The van der Waals surface area contributed by atoms with Crippen LogP contribution in [0.2, 0.25) is 0 Å². The van der Waals surface area contributed by atoms with E-state index in [1.807, 2.05) is 0 Å². The fraction of sp³-hybridized carbons (Fsp3) is 0.800. The summed E-state index contributed by atoms with van der Waals surface area (Å²) in [6, 6.07) is -0.856. The number of hydrogen-bond acceptors (Lipinski definition) is 3. The van der Waals surface area contributed by atoms with Crippen molar-refractivity contribution in [3.05, 3.63) is 0 Å². The van der Waals surface area contributed by atoms with Crippen molar-refractivity contribution in [1.29, 1.82) is 0 Å². The fourth-order valence-corrected chi connectivity index (χ4v) is 0.489. The second-order valence-electron chi connectivity index (χ2n) is 2.19. The van der Waals surface area contributed by atoms with E-state index in [2.05, 4.69) is 0 Å². The van der Waals surface area contributed by atoms with Crippen LogP contribution in [0.3, 0.4) is 0 Å². The predicted molar refractivity (Wildman–Crippen MR) is 31.2 cm³/mol. The van der Waals surface area contributed by atoms with Crippen LogP contribution < -0.4 is 5.48 Å². The van der Waals surface area contributed by atoms with Crippen molar-refractivity contribution >= 4 is 5.97 Å². The summed E-state index contributed by atoms with van der Waals surface area (Å²) in [7, 11) is 0. The lowest BCUT2D eigenvalue weighted by molar-refractivity contribution is -0.143.